The molecule has 1 aromatic carbocycles. The fraction of sp³-hybridized carbons (Fsp3) is 0.526. The summed E-state index contributed by atoms with van der Waals surface area (Å²) in [5.74, 6) is 2.73. The second-order valence-corrected chi connectivity index (χ2v) is 9.73. The lowest BCUT2D eigenvalue weighted by atomic mass is 9.95. The monoisotopic (exact) mass is 443 g/mol. The van der Waals surface area contributed by atoms with Crippen molar-refractivity contribution < 1.29 is 13.2 Å². The molecule has 0 bridgehead atoms. The summed E-state index contributed by atoms with van der Waals surface area (Å²) in [6, 6.07) is 4.56. The average molecular weight is 444 g/mol. The highest BCUT2D eigenvalue weighted by atomic mass is 35.5. The molecule has 1 amide bonds. The summed E-state index contributed by atoms with van der Waals surface area (Å²) >= 11 is 12.1. The van der Waals surface area contributed by atoms with E-state index in [1.54, 1.807) is 17.0 Å². The predicted molar refractivity (Wildman–Crippen MR) is 110 cm³/mol. The highest BCUT2D eigenvalue weighted by Gasteiger charge is 2.34. The van der Waals surface area contributed by atoms with Gasteiger partial charge in [0.25, 0.3) is 0 Å². The molecule has 2 aliphatic heterocycles. The number of nitrogens with zero attached hydrogens (tertiary/aromatic N) is 3. The lowest BCUT2D eigenvalue weighted by Gasteiger charge is -2.38. The average Bonchev–Trinajstić information content (AvgIpc) is 2.70. The van der Waals surface area contributed by atoms with Crippen molar-refractivity contribution in [3.05, 3.63) is 28.2 Å². The number of benzene rings is 1. The molecule has 1 aromatic rings. The Balaban J connectivity index is 1.59. The molecule has 0 unspecified atom stereocenters. The van der Waals surface area contributed by atoms with Gasteiger partial charge >= 0.3 is 0 Å². The van der Waals surface area contributed by atoms with Crippen LogP contribution in [0.3, 0.4) is 0 Å². The second-order valence-electron chi connectivity index (χ2n) is 7.04. The molecule has 0 atom stereocenters. The molecule has 6 nitrogen and oxygen atoms in total. The van der Waals surface area contributed by atoms with Crippen molar-refractivity contribution in [1.82, 2.24) is 14.1 Å². The van der Waals surface area contributed by atoms with E-state index in [4.69, 9.17) is 29.6 Å². The molecule has 2 fully saturated rings. The summed E-state index contributed by atoms with van der Waals surface area (Å²) in [4.78, 5) is 16.7. The van der Waals surface area contributed by atoms with Crippen LogP contribution in [0.25, 0.3) is 0 Å². The third-order valence-corrected chi connectivity index (χ3v) is 8.21. The molecule has 0 saturated carbocycles. The number of hydrogen-bond acceptors (Lipinski definition) is 4. The molecule has 152 valence electrons. The number of hydrogen-bond donors (Lipinski definition) is 0. The standard InChI is InChI=1S/C19H23Cl2N3O3S/c1-2-8-22-9-6-15(7-10-22)19(25)23-11-13-24(14-12-23)28(26,27)17-5-3-4-16(20)18(17)21/h1,3-5,15H,6-14H2. The fourth-order valence-electron chi connectivity index (χ4n) is 3.70. The van der Waals surface area contributed by atoms with Crippen molar-refractivity contribution in [2.45, 2.75) is 17.7 Å². The Morgan fingerprint density at radius 3 is 2.36 bits per heavy atom. The van der Waals surface area contributed by atoms with Gasteiger partial charge in [0.2, 0.25) is 15.9 Å². The molecule has 0 N–H and O–H groups in total. The zero-order chi connectivity index (χ0) is 20.3. The van der Waals surface area contributed by atoms with E-state index in [1.165, 1.54) is 10.4 Å². The maximum absolute atomic E-state index is 12.9. The number of rotatable bonds is 4. The normalized spacial score (nSPS) is 20.1. The van der Waals surface area contributed by atoms with Crippen LogP contribution in [0.1, 0.15) is 12.8 Å². The van der Waals surface area contributed by atoms with E-state index in [1.807, 2.05) is 0 Å². The molecule has 2 aliphatic rings. The van der Waals surface area contributed by atoms with Crippen LogP contribution in [-0.2, 0) is 14.8 Å². The van der Waals surface area contributed by atoms with Crippen LogP contribution in [0, 0.1) is 18.3 Å². The van der Waals surface area contributed by atoms with Gasteiger partial charge in [-0.05, 0) is 38.1 Å². The van der Waals surface area contributed by atoms with Gasteiger partial charge in [0.1, 0.15) is 4.90 Å². The SMILES string of the molecule is C#CCN1CCC(C(=O)N2CCN(S(=O)(=O)c3cccc(Cl)c3Cl)CC2)CC1. The van der Waals surface area contributed by atoms with Crippen molar-refractivity contribution >= 4 is 39.1 Å². The summed E-state index contributed by atoms with van der Waals surface area (Å²) in [7, 11) is -3.75. The third kappa shape index (κ3) is 4.47. The topological polar surface area (TPSA) is 60.9 Å². The Morgan fingerprint density at radius 1 is 1.11 bits per heavy atom. The first kappa shape index (κ1) is 21.4. The maximum atomic E-state index is 12.9. The van der Waals surface area contributed by atoms with Gasteiger partial charge in [-0.1, -0.05) is 35.2 Å². The number of piperazine rings is 1. The summed E-state index contributed by atoms with van der Waals surface area (Å²) in [6.07, 6.45) is 6.92. The number of likely N-dealkylation sites (tertiary alicyclic amines) is 1. The van der Waals surface area contributed by atoms with Crippen molar-refractivity contribution in [2.75, 3.05) is 45.8 Å². The fourth-order valence-corrected chi connectivity index (χ4v) is 5.85. The smallest absolute Gasteiger partial charge is 0.244 e. The Kier molecular flexibility index (Phi) is 6.89. The van der Waals surface area contributed by atoms with Gasteiger partial charge < -0.3 is 4.90 Å². The van der Waals surface area contributed by atoms with E-state index >= 15 is 0 Å². The number of carbonyl (C=O) groups excluding carboxylic acids is 1. The Labute approximate surface area is 176 Å². The summed E-state index contributed by atoms with van der Waals surface area (Å²) < 4.78 is 27.2. The number of terminal acetylenes is 1. The summed E-state index contributed by atoms with van der Waals surface area (Å²) in [5.41, 5.74) is 0. The minimum absolute atomic E-state index is 0.00216. The number of halogens is 2. The van der Waals surface area contributed by atoms with Crippen LogP contribution in [-0.4, -0.2) is 74.2 Å². The van der Waals surface area contributed by atoms with E-state index in [-0.39, 0.29) is 39.9 Å². The molecular weight excluding hydrogens is 421 g/mol. The van der Waals surface area contributed by atoms with E-state index in [2.05, 4.69) is 10.8 Å². The van der Waals surface area contributed by atoms with Crippen molar-refractivity contribution in [1.29, 1.82) is 0 Å². The number of amides is 1. The Morgan fingerprint density at radius 2 is 1.75 bits per heavy atom. The lowest BCUT2D eigenvalue weighted by Crippen LogP contribution is -2.52. The van der Waals surface area contributed by atoms with Crippen LogP contribution in [0.4, 0.5) is 0 Å². The first-order chi connectivity index (χ1) is 13.3. The van der Waals surface area contributed by atoms with E-state index in [0.29, 0.717) is 19.6 Å². The molecule has 0 aliphatic carbocycles. The third-order valence-electron chi connectivity index (χ3n) is 5.34. The van der Waals surface area contributed by atoms with Gasteiger partial charge in [-0.15, -0.1) is 6.42 Å². The molecule has 2 saturated heterocycles. The molecule has 9 heteroatoms. The van der Waals surface area contributed by atoms with Gasteiger partial charge in [0.15, 0.2) is 0 Å². The van der Waals surface area contributed by atoms with Gasteiger partial charge in [0, 0.05) is 32.1 Å². The maximum Gasteiger partial charge on any atom is 0.244 e. The quantitative estimate of drug-likeness (QED) is 0.668. The van der Waals surface area contributed by atoms with E-state index in [9.17, 15) is 13.2 Å². The van der Waals surface area contributed by atoms with Gasteiger partial charge in [0.05, 0.1) is 16.6 Å². The van der Waals surface area contributed by atoms with Gasteiger partial charge in [-0.3, -0.25) is 9.69 Å². The molecule has 0 radical (unpaired) electrons. The Hall–Kier alpha value is -1.30. The van der Waals surface area contributed by atoms with Crippen molar-refractivity contribution in [3.63, 3.8) is 0 Å². The minimum atomic E-state index is -3.75. The molecule has 2 heterocycles. The molecule has 0 spiro atoms. The zero-order valence-electron chi connectivity index (χ0n) is 15.5. The van der Waals surface area contributed by atoms with Crippen molar-refractivity contribution in [3.8, 4) is 12.3 Å². The highest BCUT2D eigenvalue weighted by molar-refractivity contribution is 7.89. The number of piperidine rings is 1. The summed E-state index contributed by atoms with van der Waals surface area (Å²) in [5, 5.41) is 0.231. The van der Waals surface area contributed by atoms with E-state index in [0.717, 1.165) is 25.9 Å². The first-order valence-corrected chi connectivity index (χ1v) is 11.4. The van der Waals surface area contributed by atoms with Crippen LogP contribution in [0.15, 0.2) is 23.1 Å². The van der Waals surface area contributed by atoms with Crippen LogP contribution >= 0.6 is 23.2 Å². The van der Waals surface area contributed by atoms with Crippen LogP contribution in [0.5, 0.6) is 0 Å². The molecule has 0 aromatic heterocycles. The first-order valence-electron chi connectivity index (χ1n) is 9.23. The van der Waals surface area contributed by atoms with Gasteiger partial charge in [-0.2, -0.15) is 4.31 Å². The van der Waals surface area contributed by atoms with Crippen LogP contribution < -0.4 is 0 Å². The molecular formula is C19H23Cl2N3O3S. The molecule has 28 heavy (non-hydrogen) atoms. The largest absolute Gasteiger partial charge is 0.340 e. The Bertz CT molecular complexity index is 869. The predicted octanol–water partition coefficient (Wildman–Crippen LogP) is 2.17. The van der Waals surface area contributed by atoms with Crippen LogP contribution in [0.2, 0.25) is 10.0 Å². The number of sulfonamides is 1. The second kappa shape index (κ2) is 9.02. The summed E-state index contributed by atoms with van der Waals surface area (Å²) in [6.45, 7) is 3.50. The van der Waals surface area contributed by atoms with Gasteiger partial charge in [-0.25, -0.2) is 8.42 Å². The zero-order valence-corrected chi connectivity index (χ0v) is 17.8. The minimum Gasteiger partial charge on any atom is -0.340 e. The highest BCUT2D eigenvalue weighted by Crippen LogP contribution is 2.31. The lowest BCUT2D eigenvalue weighted by molar-refractivity contribution is -0.138. The van der Waals surface area contributed by atoms with Crippen molar-refractivity contribution in [2.24, 2.45) is 5.92 Å². The molecule has 3 rings (SSSR count). The van der Waals surface area contributed by atoms with E-state index < -0.39 is 10.0 Å². The number of carbonyl (C=O) groups is 1.